The first kappa shape index (κ1) is 15.4. The first-order valence-electron chi connectivity index (χ1n) is 6.02. The van der Waals surface area contributed by atoms with Gasteiger partial charge in [0.05, 0.1) is 12.1 Å². The van der Waals surface area contributed by atoms with Gasteiger partial charge in [0.25, 0.3) is 5.91 Å². The van der Waals surface area contributed by atoms with E-state index >= 15 is 0 Å². The standard InChI is InChI=1S/C13H19N3O2S/c1-3-8-16(9-12(14)15-18)13(17)10-6-4-5-7-11(10)19-2/h4-7,18H,3,8-9H2,1-2H3,(H2,14,15). The predicted molar refractivity (Wildman–Crippen MR) is 77.8 cm³/mol. The summed E-state index contributed by atoms with van der Waals surface area (Å²) in [5, 5.41) is 11.6. The van der Waals surface area contributed by atoms with Crippen molar-refractivity contribution in [3.63, 3.8) is 0 Å². The lowest BCUT2D eigenvalue weighted by atomic mass is 10.2. The number of hydrogen-bond acceptors (Lipinski definition) is 4. The zero-order chi connectivity index (χ0) is 14.3. The summed E-state index contributed by atoms with van der Waals surface area (Å²) >= 11 is 1.53. The summed E-state index contributed by atoms with van der Waals surface area (Å²) in [6.45, 7) is 2.68. The maximum absolute atomic E-state index is 12.5. The number of carbonyl (C=O) groups excluding carboxylic acids is 1. The lowest BCUT2D eigenvalue weighted by molar-refractivity contribution is 0.0775. The molecule has 0 aliphatic heterocycles. The van der Waals surface area contributed by atoms with Crippen LogP contribution >= 0.6 is 11.8 Å². The first-order valence-corrected chi connectivity index (χ1v) is 7.25. The van der Waals surface area contributed by atoms with Crippen LogP contribution in [0.2, 0.25) is 0 Å². The third kappa shape index (κ3) is 4.17. The highest BCUT2D eigenvalue weighted by Gasteiger charge is 2.18. The van der Waals surface area contributed by atoms with Crippen LogP contribution in [-0.2, 0) is 0 Å². The molecule has 5 nitrogen and oxygen atoms in total. The van der Waals surface area contributed by atoms with Crippen molar-refractivity contribution >= 4 is 23.5 Å². The number of oxime groups is 1. The Morgan fingerprint density at radius 3 is 2.74 bits per heavy atom. The highest BCUT2D eigenvalue weighted by Crippen LogP contribution is 2.21. The van der Waals surface area contributed by atoms with Crippen LogP contribution in [0.5, 0.6) is 0 Å². The molecule has 1 aromatic carbocycles. The highest BCUT2D eigenvalue weighted by molar-refractivity contribution is 7.98. The van der Waals surface area contributed by atoms with Crippen molar-refractivity contribution in [2.45, 2.75) is 18.2 Å². The average molecular weight is 281 g/mol. The Morgan fingerprint density at radius 2 is 2.16 bits per heavy atom. The molecule has 0 heterocycles. The molecule has 0 bridgehead atoms. The molecule has 104 valence electrons. The van der Waals surface area contributed by atoms with Crippen molar-refractivity contribution in [3.05, 3.63) is 29.8 Å². The minimum Gasteiger partial charge on any atom is -0.409 e. The molecule has 0 fully saturated rings. The fourth-order valence-corrected chi connectivity index (χ4v) is 2.33. The zero-order valence-corrected chi connectivity index (χ0v) is 12.0. The van der Waals surface area contributed by atoms with Crippen LogP contribution in [0.4, 0.5) is 0 Å². The van der Waals surface area contributed by atoms with E-state index in [0.29, 0.717) is 12.1 Å². The lowest BCUT2D eigenvalue weighted by Crippen LogP contribution is -2.39. The average Bonchev–Trinajstić information content (AvgIpc) is 2.45. The molecule has 0 radical (unpaired) electrons. The summed E-state index contributed by atoms with van der Waals surface area (Å²) in [5.41, 5.74) is 6.14. The lowest BCUT2D eigenvalue weighted by Gasteiger charge is -2.22. The summed E-state index contributed by atoms with van der Waals surface area (Å²) < 4.78 is 0. The van der Waals surface area contributed by atoms with Crippen LogP contribution in [0.25, 0.3) is 0 Å². The van der Waals surface area contributed by atoms with Gasteiger partial charge >= 0.3 is 0 Å². The minimum atomic E-state index is -0.0987. The fourth-order valence-electron chi connectivity index (χ4n) is 1.74. The molecule has 0 aliphatic carbocycles. The molecular weight excluding hydrogens is 262 g/mol. The van der Waals surface area contributed by atoms with Gasteiger partial charge in [-0.05, 0) is 24.8 Å². The van der Waals surface area contributed by atoms with Crippen molar-refractivity contribution in [1.29, 1.82) is 0 Å². The van der Waals surface area contributed by atoms with E-state index in [0.717, 1.165) is 11.3 Å². The quantitative estimate of drug-likeness (QED) is 0.275. The van der Waals surface area contributed by atoms with Gasteiger partial charge in [0.1, 0.15) is 0 Å². The SMILES string of the molecule is CCCN(CC(N)=NO)C(=O)c1ccccc1SC. The zero-order valence-electron chi connectivity index (χ0n) is 11.2. The number of rotatable bonds is 6. The summed E-state index contributed by atoms with van der Waals surface area (Å²) in [4.78, 5) is 15.0. The Hall–Kier alpha value is -1.69. The fraction of sp³-hybridized carbons (Fsp3) is 0.385. The van der Waals surface area contributed by atoms with Gasteiger partial charge in [0, 0.05) is 11.4 Å². The largest absolute Gasteiger partial charge is 0.409 e. The van der Waals surface area contributed by atoms with Gasteiger partial charge in [0.2, 0.25) is 0 Å². The maximum atomic E-state index is 12.5. The van der Waals surface area contributed by atoms with E-state index < -0.39 is 0 Å². The second kappa shape index (κ2) is 7.68. The predicted octanol–water partition coefficient (Wildman–Crippen LogP) is 2.01. The number of thioether (sulfide) groups is 1. The summed E-state index contributed by atoms with van der Waals surface area (Å²) in [6.07, 6.45) is 2.74. The van der Waals surface area contributed by atoms with Gasteiger partial charge < -0.3 is 15.8 Å². The van der Waals surface area contributed by atoms with Crippen molar-refractivity contribution in [2.24, 2.45) is 10.9 Å². The molecule has 0 unspecified atom stereocenters. The van der Waals surface area contributed by atoms with Gasteiger partial charge in [0.15, 0.2) is 5.84 Å². The van der Waals surface area contributed by atoms with Crippen LogP contribution in [0, 0.1) is 0 Å². The van der Waals surface area contributed by atoms with Gasteiger partial charge in [-0.25, -0.2) is 0 Å². The molecule has 0 saturated carbocycles. The van der Waals surface area contributed by atoms with Gasteiger partial charge in [-0.1, -0.05) is 24.2 Å². The summed E-state index contributed by atoms with van der Waals surface area (Å²) in [5.74, 6) is -0.0677. The molecule has 1 rings (SSSR count). The van der Waals surface area contributed by atoms with Crippen LogP contribution in [0.15, 0.2) is 34.3 Å². The van der Waals surface area contributed by atoms with Crippen LogP contribution in [-0.4, -0.2) is 41.2 Å². The summed E-state index contributed by atoms with van der Waals surface area (Å²) in [6, 6.07) is 7.44. The van der Waals surface area contributed by atoms with E-state index in [4.69, 9.17) is 10.9 Å². The Morgan fingerprint density at radius 1 is 1.47 bits per heavy atom. The minimum absolute atomic E-state index is 0.0310. The van der Waals surface area contributed by atoms with Crippen molar-refractivity contribution in [3.8, 4) is 0 Å². The van der Waals surface area contributed by atoms with Gasteiger partial charge in [-0.3, -0.25) is 4.79 Å². The van der Waals surface area contributed by atoms with Crippen LogP contribution in [0.1, 0.15) is 23.7 Å². The number of carbonyl (C=O) groups is 1. The van der Waals surface area contributed by atoms with Crippen molar-refractivity contribution in [1.82, 2.24) is 4.90 Å². The van der Waals surface area contributed by atoms with E-state index in [1.807, 2.05) is 31.4 Å². The van der Waals surface area contributed by atoms with Gasteiger partial charge in [-0.15, -0.1) is 11.8 Å². The molecule has 19 heavy (non-hydrogen) atoms. The van der Waals surface area contributed by atoms with Crippen LogP contribution < -0.4 is 5.73 Å². The number of amides is 1. The van der Waals surface area contributed by atoms with Gasteiger partial charge in [-0.2, -0.15) is 0 Å². The number of benzene rings is 1. The Bertz CT molecular complexity index is 463. The molecule has 1 aromatic rings. The monoisotopic (exact) mass is 281 g/mol. The van der Waals surface area contributed by atoms with Crippen LogP contribution in [0.3, 0.4) is 0 Å². The summed E-state index contributed by atoms with van der Waals surface area (Å²) in [7, 11) is 0. The second-order valence-electron chi connectivity index (χ2n) is 4.02. The molecular formula is C13H19N3O2S. The highest BCUT2D eigenvalue weighted by atomic mass is 32.2. The number of nitrogens with two attached hydrogens (primary N) is 1. The van der Waals surface area contributed by atoms with E-state index in [-0.39, 0.29) is 18.3 Å². The third-order valence-electron chi connectivity index (χ3n) is 2.60. The molecule has 3 N–H and O–H groups in total. The molecule has 0 atom stereocenters. The maximum Gasteiger partial charge on any atom is 0.255 e. The van der Waals surface area contributed by atoms with E-state index in [9.17, 15) is 4.79 Å². The molecule has 6 heteroatoms. The smallest absolute Gasteiger partial charge is 0.255 e. The van der Waals surface area contributed by atoms with Crippen molar-refractivity contribution in [2.75, 3.05) is 19.3 Å². The molecule has 0 saturated heterocycles. The van der Waals surface area contributed by atoms with E-state index in [1.165, 1.54) is 11.8 Å². The number of amidine groups is 1. The molecule has 1 amide bonds. The Labute approximate surface area is 117 Å². The first-order chi connectivity index (χ1) is 9.13. The normalized spacial score (nSPS) is 11.4. The molecule has 0 aromatic heterocycles. The molecule has 0 spiro atoms. The third-order valence-corrected chi connectivity index (χ3v) is 3.40. The van der Waals surface area contributed by atoms with E-state index in [2.05, 4.69) is 5.16 Å². The second-order valence-corrected chi connectivity index (χ2v) is 4.87. The number of hydrogen-bond donors (Lipinski definition) is 2. The van der Waals surface area contributed by atoms with Crippen molar-refractivity contribution < 1.29 is 10.0 Å². The Balaban J connectivity index is 2.98. The molecule has 0 aliphatic rings. The topological polar surface area (TPSA) is 78.9 Å². The number of nitrogens with zero attached hydrogens (tertiary/aromatic N) is 2. The Kier molecular flexibility index (Phi) is 6.21. The van der Waals surface area contributed by atoms with E-state index in [1.54, 1.807) is 11.0 Å².